The first-order chi connectivity index (χ1) is 11.2. The van der Waals surface area contributed by atoms with Gasteiger partial charge in [-0.2, -0.15) is 16.8 Å². The summed E-state index contributed by atoms with van der Waals surface area (Å²) in [6, 6.07) is 8.29. The van der Waals surface area contributed by atoms with Crippen molar-refractivity contribution in [1.29, 1.82) is 0 Å². The van der Waals surface area contributed by atoms with Gasteiger partial charge in [0.1, 0.15) is 0 Å². The van der Waals surface area contributed by atoms with Crippen molar-refractivity contribution in [3.63, 3.8) is 0 Å². The van der Waals surface area contributed by atoms with Crippen LogP contribution in [-0.4, -0.2) is 61.9 Å². The van der Waals surface area contributed by atoms with Gasteiger partial charge >= 0.3 is 0 Å². The van der Waals surface area contributed by atoms with Crippen molar-refractivity contribution in [1.82, 2.24) is 0 Å². The van der Waals surface area contributed by atoms with Crippen LogP contribution < -0.4 is 0 Å². The molecule has 148 valence electrons. The monoisotopic (exact) mass is 400 g/mol. The smallest absolute Gasteiger partial charge is 0.261 e. The lowest BCUT2D eigenvalue weighted by Crippen LogP contribution is -2.06. The normalized spacial score (nSPS) is 12.5. The van der Waals surface area contributed by atoms with E-state index in [0.29, 0.717) is 24.9 Å². The zero-order valence-corrected chi connectivity index (χ0v) is 16.5. The minimum Gasteiger partial charge on any atom is -0.396 e. The standard InChI is InChI=1S/C13H20O2.2CH4O3S/c1-10(2)11-3-5-12(6-4-11)13(9-15)7-8-14;2*1-5(2,3)4/h3-6,10,13-15H,7-9H2,1-2H3;2*1H3,(H,2,3,4). The highest BCUT2D eigenvalue weighted by Crippen LogP contribution is 2.21. The maximum atomic E-state index is 9.19. The fourth-order valence-electron chi connectivity index (χ4n) is 1.67. The number of aliphatic hydroxyl groups is 2. The van der Waals surface area contributed by atoms with Crippen molar-refractivity contribution in [3.8, 4) is 0 Å². The summed E-state index contributed by atoms with van der Waals surface area (Å²) in [7, 11) is -7.33. The largest absolute Gasteiger partial charge is 0.396 e. The summed E-state index contributed by atoms with van der Waals surface area (Å²) in [4.78, 5) is 0. The third-order valence-corrected chi connectivity index (χ3v) is 2.77. The molecular formula is C15H28O8S2. The van der Waals surface area contributed by atoms with Crippen LogP contribution in [0.15, 0.2) is 24.3 Å². The van der Waals surface area contributed by atoms with Crippen LogP contribution in [0.4, 0.5) is 0 Å². The Morgan fingerprint density at radius 2 is 1.16 bits per heavy atom. The van der Waals surface area contributed by atoms with Crippen LogP contribution in [0, 0.1) is 0 Å². The molecule has 1 aromatic carbocycles. The highest BCUT2D eigenvalue weighted by atomic mass is 32.2. The molecule has 0 radical (unpaired) electrons. The Bertz CT molecular complexity index is 618. The molecule has 4 N–H and O–H groups in total. The van der Waals surface area contributed by atoms with Gasteiger partial charge in [0.25, 0.3) is 20.2 Å². The number of benzene rings is 1. The molecule has 1 rings (SSSR count). The zero-order chi connectivity index (χ0) is 20.3. The highest BCUT2D eigenvalue weighted by Gasteiger charge is 2.09. The van der Waals surface area contributed by atoms with E-state index >= 15 is 0 Å². The fraction of sp³-hybridized carbons (Fsp3) is 0.600. The average Bonchev–Trinajstić information content (AvgIpc) is 2.41. The van der Waals surface area contributed by atoms with Crippen LogP contribution in [0.1, 0.15) is 43.2 Å². The molecule has 0 bridgehead atoms. The van der Waals surface area contributed by atoms with Gasteiger partial charge in [-0.05, 0) is 23.5 Å². The van der Waals surface area contributed by atoms with Gasteiger partial charge in [0.15, 0.2) is 0 Å². The van der Waals surface area contributed by atoms with Crippen LogP contribution in [0.2, 0.25) is 0 Å². The number of hydrogen-bond acceptors (Lipinski definition) is 6. The SMILES string of the molecule is CC(C)c1ccc(C(CO)CCO)cc1.CS(=O)(=O)O.CS(=O)(=O)O. The Morgan fingerprint density at radius 1 is 0.840 bits per heavy atom. The average molecular weight is 401 g/mol. The summed E-state index contributed by atoms with van der Waals surface area (Å²) in [5.41, 5.74) is 2.41. The molecule has 10 heteroatoms. The second-order valence-electron chi connectivity index (χ2n) is 5.68. The third kappa shape index (κ3) is 20.9. The Balaban J connectivity index is 0. The molecule has 0 aliphatic heterocycles. The lowest BCUT2D eigenvalue weighted by molar-refractivity contribution is 0.220. The van der Waals surface area contributed by atoms with Gasteiger partial charge in [0, 0.05) is 12.5 Å². The molecule has 0 amide bonds. The van der Waals surface area contributed by atoms with E-state index < -0.39 is 20.2 Å². The van der Waals surface area contributed by atoms with Crippen molar-refractivity contribution in [3.05, 3.63) is 35.4 Å². The Labute approximate surface area is 150 Å². The topological polar surface area (TPSA) is 149 Å². The predicted octanol–water partition coefficient (Wildman–Crippen LogP) is 1.28. The molecule has 0 spiro atoms. The first-order valence-corrected chi connectivity index (χ1v) is 11.0. The molecule has 1 atom stereocenters. The zero-order valence-electron chi connectivity index (χ0n) is 14.8. The van der Waals surface area contributed by atoms with E-state index in [4.69, 9.17) is 14.2 Å². The summed E-state index contributed by atoms with van der Waals surface area (Å²) < 4.78 is 51.7. The molecule has 1 aromatic rings. The number of hydrogen-bond donors (Lipinski definition) is 4. The maximum Gasteiger partial charge on any atom is 0.261 e. The highest BCUT2D eigenvalue weighted by molar-refractivity contribution is 7.85. The van der Waals surface area contributed by atoms with Crippen LogP contribution >= 0.6 is 0 Å². The summed E-state index contributed by atoms with van der Waals surface area (Å²) >= 11 is 0. The van der Waals surface area contributed by atoms with Gasteiger partial charge in [0.2, 0.25) is 0 Å². The molecule has 0 saturated carbocycles. The molecule has 0 aromatic heterocycles. The minimum atomic E-state index is -3.67. The van der Waals surface area contributed by atoms with Crippen molar-refractivity contribution in [2.45, 2.75) is 32.1 Å². The van der Waals surface area contributed by atoms with Crippen molar-refractivity contribution in [2.75, 3.05) is 25.7 Å². The summed E-state index contributed by atoms with van der Waals surface area (Å²) in [5, 5.41) is 18.0. The van der Waals surface area contributed by atoms with E-state index in [1.54, 1.807) is 0 Å². The van der Waals surface area contributed by atoms with E-state index in [9.17, 15) is 21.9 Å². The van der Waals surface area contributed by atoms with Crippen molar-refractivity contribution in [2.24, 2.45) is 0 Å². The molecular weight excluding hydrogens is 372 g/mol. The molecule has 0 heterocycles. The predicted molar refractivity (Wildman–Crippen MR) is 97.0 cm³/mol. The van der Waals surface area contributed by atoms with E-state index in [1.165, 1.54) is 5.56 Å². The molecule has 0 aliphatic carbocycles. The first kappa shape index (κ1) is 26.2. The molecule has 1 unspecified atom stereocenters. The van der Waals surface area contributed by atoms with Gasteiger partial charge in [-0.15, -0.1) is 0 Å². The lowest BCUT2D eigenvalue weighted by Gasteiger charge is -2.14. The third-order valence-electron chi connectivity index (χ3n) is 2.77. The van der Waals surface area contributed by atoms with Crippen molar-refractivity contribution < 1.29 is 36.2 Å². The second kappa shape index (κ2) is 12.3. The van der Waals surface area contributed by atoms with Crippen LogP contribution in [0.3, 0.4) is 0 Å². The van der Waals surface area contributed by atoms with Gasteiger partial charge in [-0.25, -0.2) is 0 Å². The lowest BCUT2D eigenvalue weighted by atomic mass is 9.94. The van der Waals surface area contributed by atoms with Gasteiger partial charge in [-0.3, -0.25) is 9.11 Å². The van der Waals surface area contributed by atoms with E-state index in [1.807, 2.05) is 12.1 Å². The van der Waals surface area contributed by atoms with Gasteiger partial charge < -0.3 is 10.2 Å². The Kier molecular flexibility index (Phi) is 12.9. The van der Waals surface area contributed by atoms with Crippen molar-refractivity contribution >= 4 is 20.2 Å². The number of aliphatic hydroxyl groups excluding tert-OH is 2. The summed E-state index contributed by atoms with van der Waals surface area (Å²) in [6.45, 7) is 4.54. The fourth-order valence-corrected chi connectivity index (χ4v) is 1.67. The first-order valence-electron chi connectivity index (χ1n) is 7.35. The van der Waals surface area contributed by atoms with Crippen LogP contribution in [-0.2, 0) is 20.2 Å². The maximum absolute atomic E-state index is 9.19. The molecule has 0 aliphatic rings. The number of rotatable bonds is 5. The van der Waals surface area contributed by atoms with E-state index in [-0.39, 0.29) is 19.1 Å². The minimum absolute atomic E-state index is 0.0659. The van der Waals surface area contributed by atoms with Gasteiger partial charge in [-0.1, -0.05) is 38.1 Å². The van der Waals surface area contributed by atoms with E-state index in [2.05, 4.69) is 26.0 Å². The second-order valence-corrected chi connectivity index (χ2v) is 8.61. The molecule has 25 heavy (non-hydrogen) atoms. The quantitative estimate of drug-likeness (QED) is 0.540. The molecule has 8 nitrogen and oxygen atoms in total. The van der Waals surface area contributed by atoms with Crippen LogP contribution in [0.5, 0.6) is 0 Å². The van der Waals surface area contributed by atoms with E-state index in [0.717, 1.165) is 5.56 Å². The van der Waals surface area contributed by atoms with Crippen LogP contribution in [0.25, 0.3) is 0 Å². The molecule has 0 saturated heterocycles. The summed E-state index contributed by atoms with van der Waals surface area (Å²) in [6.07, 6.45) is 2.05. The van der Waals surface area contributed by atoms with Gasteiger partial charge in [0.05, 0.1) is 19.1 Å². The Hall–Kier alpha value is -1.04. The Morgan fingerprint density at radius 3 is 1.40 bits per heavy atom. The molecule has 0 fully saturated rings. The summed E-state index contributed by atoms with van der Waals surface area (Å²) in [5.74, 6) is 0.598.